The number of nitrogens with one attached hydrogen (secondary N) is 1. The maximum Gasteiger partial charge on any atom is 0.239 e. The maximum absolute atomic E-state index is 11.6. The van der Waals surface area contributed by atoms with Crippen LogP contribution in [0.25, 0.3) is 0 Å². The summed E-state index contributed by atoms with van der Waals surface area (Å²) in [6.07, 6.45) is 1.06. The van der Waals surface area contributed by atoms with Gasteiger partial charge in [0.25, 0.3) is 0 Å². The van der Waals surface area contributed by atoms with Gasteiger partial charge in [0.15, 0.2) is 0 Å². The Morgan fingerprint density at radius 3 is 2.44 bits per heavy atom. The number of hydrogen-bond acceptors (Lipinski definition) is 2. The summed E-state index contributed by atoms with van der Waals surface area (Å²) >= 11 is 5.52. The first-order valence-corrected chi connectivity index (χ1v) is 6.17. The van der Waals surface area contributed by atoms with Crippen LogP contribution in [0.1, 0.15) is 33.6 Å². The lowest BCUT2D eigenvalue weighted by Gasteiger charge is -2.21. The van der Waals surface area contributed by atoms with E-state index in [9.17, 15) is 9.59 Å². The zero-order valence-corrected chi connectivity index (χ0v) is 11.0. The van der Waals surface area contributed by atoms with Crippen LogP contribution in [0.15, 0.2) is 0 Å². The second-order valence-corrected chi connectivity index (χ2v) is 4.30. The molecular formula is C11H21ClN2O2. The standard InChI is InChI=1S/C11H21ClN2O2/c1-4-14(11(16)6-5-7-12)8-10(15)13-9(2)3/h9H,4-8H2,1-3H3,(H,13,15). The smallest absolute Gasteiger partial charge is 0.239 e. The van der Waals surface area contributed by atoms with Gasteiger partial charge < -0.3 is 10.2 Å². The third-order valence-electron chi connectivity index (χ3n) is 2.04. The first kappa shape index (κ1) is 15.2. The van der Waals surface area contributed by atoms with Crippen molar-refractivity contribution in [3.63, 3.8) is 0 Å². The number of rotatable bonds is 7. The van der Waals surface area contributed by atoms with Gasteiger partial charge in [-0.1, -0.05) is 0 Å². The van der Waals surface area contributed by atoms with E-state index in [0.717, 1.165) is 0 Å². The summed E-state index contributed by atoms with van der Waals surface area (Å²) in [4.78, 5) is 24.7. The molecular weight excluding hydrogens is 228 g/mol. The molecule has 0 saturated heterocycles. The van der Waals surface area contributed by atoms with E-state index in [1.54, 1.807) is 4.90 Å². The maximum atomic E-state index is 11.6. The molecule has 0 aliphatic rings. The molecule has 4 nitrogen and oxygen atoms in total. The predicted octanol–water partition coefficient (Wildman–Crippen LogP) is 1.38. The number of likely N-dealkylation sites (N-methyl/N-ethyl adjacent to an activating group) is 1. The molecule has 0 spiro atoms. The Morgan fingerprint density at radius 2 is 2.00 bits per heavy atom. The summed E-state index contributed by atoms with van der Waals surface area (Å²) in [5, 5.41) is 2.76. The van der Waals surface area contributed by atoms with E-state index in [0.29, 0.717) is 25.3 Å². The number of nitrogens with zero attached hydrogens (tertiary/aromatic N) is 1. The molecule has 0 fully saturated rings. The summed E-state index contributed by atoms with van der Waals surface area (Å²) in [7, 11) is 0. The van der Waals surface area contributed by atoms with Crippen molar-refractivity contribution in [3.8, 4) is 0 Å². The van der Waals surface area contributed by atoms with Crippen LogP contribution in [0.3, 0.4) is 0 Å². The van der Waals surface area contributed by atoms with Gasteiger partial charge in [-0.3, -0.25) is 9.59 Å². The van der Waals surface area contributed by atoms with Gasteiger partial charge in [0, 0.05) is 24.9 Å². The second-order valence-electron chi connectivity index (χ2n) is 3.92. The Morgan fingerprint density at radius 1 is 1.38 bits per heavy atom. The quantitative estimate of drug-likeness (QED) is 0.692. The molecule has 0 saturated carbocycles. The lowest BCUT2D eigenvalue weighted by atomic mass is 10.3. The van der Waals surface area contributed by atoms with E-state index in [1.807, 2.05) is 20.8 Å². The molecule has 16 heavy (non-hydrogen) atoms. The number of alkyl halides is 1. The molecule has 1 N–H and O–H groups in total. The Labute approximate surface area is 102 Å². The molecule has 94 valence electrons. The Hall–Kier alpha value is -0.770. The van der Waals surface area contributed by atoms with Crippen molar-refractivity contribution in [2.24, 2.45) is 0 Å². The Bertz CT molecular complexity index is 232. The average molecular weight is 249 g/mol. The fourth-order valence-electron chi connectivity index (χ4n) is 1.29. The van der Waals surface area contributed by atoms with Gasteiger partial charge in [-0.2, -0.15) is 0 Å². The summed E-state index contributed by atoms with van der Waals surface area (Å²) in [5.74, 6) is 0.347. The second kappa shape index (κ2) is 8.39. The van der Waals surface area contributed by atoms with Crippen LogP contribution >= 0.6 is 11.6 Å². The van der Waals surface area contributed by atoms with E-state index < -0.39 is 0 Å². The molecule has 0 aliphatic heterocycles. The van der Waals surface area contributed by atoms with Gasteiger partial charge in [0.1, 0.15) is 0 Å². The third kappa shape index (κ3) is 6.67. The zero-order valence-electron chi connectivity index (χ0n) is 10.3. The highest BCUT2D eigenvalue weighted by Gasteiger charge is 2.15. The molecule has 0 aromatic carbocycles. The fraction of sp³-hybridized carbons (Fsp3) is 0.818. The van der Waals surface area contributed by atoms with E-state index in [1.165, 1.54) is 0 Å². The van der Waals surface area contributed by atoms with Gasteiger partial charge in [-0.25, -0.2) is 0 Å². The lowest BCUT2D eigenvalue weighted by Crippen LogP contribution is -2.42. The van der Waals surface area contributed by atoms with Gasteiger partial charge in [0.2, 0.25) is 11.8 Å². The fourth-order valence-corrected chi connectivity index (χ4v) is 1.43. The molecule has 0 aliphatic carbocycles. The van der Waals surface area contributed by atoms with Crippen LogP contribution in [0.5, 0.6) is 0 Å². The largest absolute Gasteiger partial charge is 0.352 e. The van der Waals surface area contributed by atoms with Crippen LogP contribution in [0.2, 0.25) is 0 Å². The molecule has 0 heterocycles. The van der Waals surface area contributed by atoms with E-state index in [-0.39, 0.29) is 24.4 Å². The van der Waals surface area contributed by atoms with E-state index in [2.05, 4.69) is 5.32 Å². The van der Waals surface area contributed by atoms with Gasteiger partial charge in [0.05, 0.1) is 6.54 Å². The van der Waals surface area contributed by atoms with Crippen LogP contribution in [0, 0.1) is 0 Å². The van der Waals surface area contributed by atoms with Gasteiger partial charge in [-0.15, -0.1) is 11.6 Å². The van der Waals surface area contributed by atoms with Crippen molar-refractivity contribution in [2.75, 3.05) is 19.0 Å². The monoisotopic (exact) mass is 248 g/mol. The topological polar surface area (TPSA) is 49.4 Å². The number of halogens is 1. The minimum atomic E-state index is -0.115. The molecule has 0 rings (SSSR count). The summed E-state index contributed by atoms with van der Waals surface area (Å²) in [6.45, 7) is 6.33. The van der Waals surface area contributed by atoms with Crippen LogP contribution in [-0.4, -0.2) is 41.7 Å². The Balaban J connectivity index is 4.08. The number of amides is 2. The van der Waals surface area contributed by atoms with Crippen molar-refractivity contribution >= 4 is 23.4 Å². The summed E-state index contributed by atoms with van der Waals surface area (Å²) in [6, 6.07) is 0.101. The van der Waals surface area contributed by atoms with Crippen LogP contribution in [-0.2, 0) is 9.59 Å². The van der Waals surface area contributed by atoms with Crippen LogP contribution in [0.4, 0.5) is 0 Å². The molecule has 0 unspecified atom stereocenters. The number of hydrogen-bond donors (Lipinski definition) is 1. The zero-order chi connectivity index (χ0) is 12.6. The first-order chi connectivity index (χ1) is 7.51. The van der Waals surface area contributed by atoms with Gasteiger partial charge >= 0.3 is 0 Å². The minimum Gasteiger partial charge on any atom is -0.352 e. The highest BCUT2D eigenvalue weighted by Crippen LogP contribution is 1.99. The average Bonchev–Trinajstić information content (AvgIpc) is 2.21. The summed E-state index contributed by atoms with van der Waals surface area (Å²) < 4.78 is 0. The first-order valence-electron chi connectivity index (χ1n) is 5.64. The van der Waals surface area contributed by atoms with Gasteiger partial charge in [-0.05, 0) is 27.2 Å². The molecule has 5 heteroatoms. The normalized spacial score (nSPS) is 10.3. The molecule has 0 aromatic rings. The van der Waals surface area contributed by atoms with Crippen molar-refractivity contribution in [1.82, 2.24) is 10.2 Å². The molecule has 0 radical (unpaired) electrons. The molecule has 0 aromatic heterocycles. The van der Waals surface area contributed by atoms with Crippen molar-refractivity contribution in [1.29, 1.82) is 0 Å². The molecule has 0 atom stereocenters. The van der Waals surface area contributed by atoms with Crippen molar-refractivity contribution < 1.29 is 9.59 Å². The van der Waals surface area contributed by atoms with Crippen molar-refractivity contribution in [2.45, 2.75) is 39.7 Å². The van der Waals surface area contributed by atoms with Crippen LogP contribution < -0.4 is 5.32 Å². The minimum absolute atomic E-state index is 0.0120. The molecule has 2 amide bonds. The predicted molar refractivity (Wildman–Crippen MR) is 65.5 cm³/mol. The lowest BCUT2D eigenvalue weighted by molar-refractivity contribution is -0.136. The SMILES string of the molecule is CCN(CC(=O)NC(C)C)C(=O)CCCCl. The molecule has 0 bridgehead atoms. The summed E-state index contributed by atoms with van der Waals surface area (Å²) in [5.41, 5.74) is 0. The third-order valence-corrected chi connectivity index (χ3v) is 2.31. The number of carbonyl (C=O) groups is 2. The highest BCUT2D eigenvalue weighted by atomic mass is 35.5. The van der Waals surface area contributed by atoms with E-state index >= 15 is 0 Å². The Kier molecular flexibility index (Phi) is 7.99. The van der Waals surface area contributed by atoms with Crippen molar-refractivity contribution in [3.05, 3.63) is 0 Å². The van der Waals surface area contributed by atoms with E-state index in [4.69, 9.17) is 11.6 Å². The highest BCUT2D eigenvalue weighted by molar-refractivity contribution is 6.17. The number of carbonyl (C=O) groups excluding carboxylic acids is 2.